The van der Waals surface area contributed by atoms with Gasteiger partial charge in [-0.15, -0.1) is 0 Å². The van der Waals surface area contributed by atoms with E-state index in [0.717, 1.165) is 44.7 Å². The number of ether oxygens (including phenoxy) is 1. The highest BCUT2D eigenvalue weighted by Gasteiger charge is 2.15. The molecule has 1 unspecified atom stereocenters. The van der Waals surface area contributed by atoms with E-state index in [0.29, 0.717) is 5.71 Å². The molecule has 1 saturated heterocycles. The topological polar surface area (TPSA) is 36.3 Å². The predicted octanol–water partition coefficient (Wildman–Crippen LogP) is 5.50. The Morgan fingerprint density at radius 2 is 2.12 bits per heavy atom. The van der Waals surface area contributed by atoms with E-state index in [2.05, 4.69) is 55.1 Å². The summed E-state index contributed by atoms with van der Waals surface area (Å²) in [6, 6.07) is 8.38. The van der Waals surface area contributed by atoms with Crippen molar-refractivity contribution in [2.75, 3.05) is 26.3 Å². The Morgan fingerprint density at radius 1 is 1.35 bits per heavy atom. The Balaban J connectivity index is 2.01. The lowest BCUT2D eigenvalue weighted by molar-refractivity contribution is 0.0773. The van der Waals surface area contributed by atoms with Crippen LogP contribution in [0.5, 0.6) is 0 Å². The molecule has 0 bridgehead atoms. The van der Waals surface area contributed by atoms with Crippen molar-refractivity contribution in [1.82, 2.24) is 4.31 Å². The zero-order valence-corrected chi connectivity index (χ0v) is 16.7. The Morgan fingerprint density at radius 3 is 2.81 bits per heavy atom. The molecule has 1 N–H and O–H groups in total. The fraction of sp³-hybridized carbons (Fsp3) is 0.409. The summed E-state index contributed by atoms with van der Waals surface area (Å²) in [4.78, 5) is 1.20. The van der Waals surface area contributed by atoms with Crippen LogP contribution >= 0.6 is 11.9 Å². The van der Waals surface area contributed by atoms with Gasteiger partial charge in [-0.3, -0.25) is 0 Å². The molecule has 1 aliphatic heterocycles. The lowest BCUT2D eigenvalue weighted by Gasteiger charge is -2.25. The third-order valence-electron chi connectivity index (χ3n) is 4.44. The van der Waals surface area contributed by atoms with Crippen molar-refractivity contribution in [2.45, 2.75) is 31.6 Å². The first-order valence-corrected chi connectivity index (χ1v) is 10.1. The second-order valence-corrected chi connectivity index (χ2v) is 7.65. The van der Waals surface area contributed by atoms with Gasteiger partial charge in [0.2, 0.25) is 0 Å². The summed E-state index contributed by atoms with van der Waals surface area (Å²) in [5.74, 6) is 0.196. The van der Waals surface area contributed by atoms with Crippen molar-refractivity contribution in [2.24, 2.45) is 5.92 Å². The van der Waals surface area contributed by atoms with Gasteiger partial charge >= 0.3 is 0 Å². The molecule has 0 amide bonds. The fourth-order valence-electron chi connectivity index (χ4n) is 2.89. The summed E-state index contributed by atoms with van der Waals surface area (Å²) < 4.78 is 7.74. The van der Waals surface area contributed by atoms with Crippen molar-refractivity contribution in [1.29, 1.82) is 5.41 Å². The van der Waals surface area contributed by atoms with Gasteiger partial charge in [-0.2, -0.15) is 0 Å². The van der Waals surface area contributed by atoms with Gasteiger partial charge in [0.15, 0.2) is 0 Å². The number of rotatable bonds is 9. The van der Waals surface area contributed by atoms with E-state index in [9.17, 15) is 0 Å². The van der Waals surface area contributed by atoms with Crippen LogP contribution in [0.1, 0.15) is 32.3 Å². The Bertz CT molecular complexity index is 660. The molecule has 0 radical (unpaired) electrons. The van der Waals surface area contributed by atoms with Crippen LogP contribution in [0.3, 0.4) is 0 Å². The first-order valence-electron chi connectivity index (χ1n) is 9.30. The van der Waals surface area contributed by atoms with Gasteiger partial charge in [-0.25, -0.2) is 4.31 Å². The van der Waals surface area contributed by atoms with Gasteiger partial charge in [0.1, 0.15) is 0 Å². The highest BCUT2D eigenvalue weighted by atomic mass is 32.2. The number of morpholine rings is 1. The van der Waals surface area contributed by atoms with E-state index in [1.54, 1.807) is 18.0 Å². The second kappa shape index (κ2) is 11.2. The van der Waals surface area contributed by atoms with E-state index in [1.165, 1.54) is 10.5 Å². The second-order valence-electron chi connectivity index (χ2n) is 6.48. The highest BCUT2D eigenvalue weighted by molar-refractivity contribution is 7.97. The molecule has 26 heavy (non-hydrogen) atoms. The minimum Gasteiger partial charge on any atom is -0.379 e. The van der Waals surface area contributed by atoms with Crippen LogP contribution in [-0.4, -0.2) is 36.3 Å². The molecular weight excluding hydrogens is 340 g/mol. The molecule has 4 heteroatoms. The highest BCUT2D eigenvalue weighted by Crippen LogP contribution is 2.26. The van der Waals surface area contributed by atoms with Crippen LogP contribution in [0.25, 0.3) is 0 Å². The number of hydrogen-bond acceptors (Lipinski definition) is 4. The first kappa shape index (κ1) is 20.7. The van der Waals surface area contributed by atoms with Crippen molar-refractivity contribution in [3.63, 3.8) is 0 Å². The molecule has 1 aromatic carbocycles. The molecular formula is C22H30N2OS. The summed E-state index contributed by atoms with van der Waals surface area (Å²) in [7, 11) is 0. The standard InChI is InChI=1S/C22H30N2OS/c1-4-6-7-9-19(5-2)16-18(3)22(23)20-10-8-11-21(17-20)26-24-12-14-25-15-13-24/h4,6-11,17-18,23H,1,5,12-16H2,2-3H3/b7-6-,19-9-,23-22?. The monoisotopic (exact) mass is 370 g/mol. The molecule has 140 valence electrons. The largest absolute Gasteiger partial charge is 0.379 e. The number of nitrogens with zero attached hydrogens (tertiary/aromatic N) is 1. The van der Waals surface area contributed by atoms with Crippen molar-refractivity contribution in [3.8, 4) is 0 Å². The third-order valence-corrected chi connectivity index (χ3v) is 5.53. The zero-order valence-electron chi connectivity index (χ0n) is 15.9. The molecule has 0 aromatic heterocycles. The summed E-state index contributed by atoms with van der Waals surface area (Å²) in [5.41, 5.74) is 3.09. The molecule has 1 heterocycles. The molecule has 0 saturated carbocycles. The van der Waals surface area contributed by atoms with Crippen LogP contribution < -0.4 is 0 Å². The van der Waals surface area contributed by atoms with E-state index < -0.39 is 0 Å². The van der Waals surface area contributed by atoms with Crippen molar-refractivity contribution in [3.05, 3.63) is 66.3 Å². The number of allylic oxidation sites excluding steroid dienone is 5. The third kappa shape index (κ3) is 6.60. The lowest BCUT2D eigenvalue weighted by atomic mass is 9.91. The molecule has 1 fully saturated rings. The van der Waals surface area contributed by atoms with Gasteiger partial charge in [-0.1, -0.05) is 62.4 Å². The summed E-state index contributed by atoms with van der Waals surface area (Å²) in [6.45, 7) is 11.5. The number of benzene rings is 1. The Labute approximate surface area is 162 Å². The van der Waals surface area contributed by atoms with Gasteiger partial charge < -0.3 is 10.1 Å². The normalized spacial score (nSPS) is 17.4. The maximum Gasteiger partial charge on any atom is 0.0603 e. The predicted molar refractivity (Wildman–Crippen MR) is 113 cm³/mol. The van der Waals surface area contributed by atoms with Gasteiger partial charge in [-0.05, 0) is 42.5 Å². The van der Waals surface area contributed by atoms with Crippen LogP contribution in [0.4, 0.5) is 0 Å². The lowest BCUT2D eigenvalue weighted by Crippen LogP contribution is -2.30. The zero-order chi connectivity index (χ0) is 18.8. The summed E-state index contributed by atoms with van der Waals surface area (Å²) in [6.07, 6.45) is 9.83. The summed E-state index contributed by atoms with van der Waals surface area (Å²) in [5, 5.41) is 8.63. The fourth-order valence-corrected chi connectivity index (χ4v) is 3.84. The first-order chi connectivity index (χ1) is 12.6. The molecule has 3 nitrogen and oxygen atoms in total. The van der Waals surface area contributed by atoms with Crippen molar-refractivity contribution < 1.29 is 4.74 Å². The molecule has 0 spiro atoms. The molecule has 1 atom stereocenters. The average molecular weight is 371 g/mol. The number of nitrogens with one attached hydrogen (secondary N) is 1. The van der Waals surface area contributed by atoms with E-state index in [1.807, 2.05) is 12.2 Å². The van der Waals surface area contributed by atoms with Gasteiger partial charge in [0.05, 0.1) is 13.2 Å². The Kier molecular flexibility index (Phi) is 8.89. The maximum atomic E-state index is 8.63. The molecule has 1 aliphatic rings. The quantitative estimate of drug-likeness (QED) is 0.354. The molecule has 1 aromatic rings. The van der Waals surface area contributed by atoms with Gasteiger partial charge in [0.25, 0.3) is 0 Å². The van der Waals surface area contributed by atoms with Crippen LogP contribution in [0.2, 0.25) is 0 Å². The van der Waals surface area contributed by atoms with Crippen LogP contribution in [0, 0.1) is 11.3 Å². The van der Waals surface area contributed by atoms with E-state index in [-0.39, 0.29) is 5.92 Å². The molecule has 2 rings (SSSR count). The average Bonchev–Trinajstić information content (AvgIpc) is 2.67. The number of hydrogen-bond donors (Lipinski definition) is 1. The maximum absolute atomic E-state index is 8.63. The summed E-state index contributed by atoms with van der Waals surface area (Å²) >= 11 is 1.77. The van der Waals surface area contributed by atoms with Gasteiger partial charge in [0, 0.05) is 29.6 Å². The van der Waals surface area contributed by atoms with Crippen LogP contribution in [0.15, 0.2) is 65.6 Å². The smallest absolute Gasteiger partial charge is 0.0603 e. The Hall–Kier alpha value is -1.62. The minimum atomic E-state index is 0.196. The van der Waals surface area contributed by atoms with Crippen molar-refractivity contribution >= 4 is 17.7 Å². The molecule has 0 aliphatic carbocycles. The van der Waals surface area contributed by atoms with E-state index >= 15 is 0 Å². The van der Waals surface area contributed by atoms with Crippen LogP contribution in [-0.2, 0) is 4.74 Å². The van der Waals surface area contributed by atoms with E-state index in [4.69, 9.17) is 10.1 Å². The SMILES string of the molecule is C=C/C=C\C=C(\CC)CC(C)C(=N)c1cccc(SN2CCOCC2)c1. The minimum absolute atomic E-state index is 0.196.